The summed E-state index contributed by atoms with van der Waals surface area (Å²) in [6.45, 7) is 4.66. The summed E-state index contributed by atoms with van der Waals surface area (Å²) >= 11 is 0. The van der Waals surface area contributed by atoms with Gasteiger partial charge in [-0.2, -0.15) is 0 Å². The Morgan fingerprint density at radius 2 is 1.86 bits per heavy atom. The van der Waals surface area contributed by atoms with E-state index in [1.165, 1.54) is 0 Å². The van der Waals surface area contributed by atoms with Crippen molar-refractivity contribution in [3.8, 4) is 0 Å². The fourth-order valence-electron chi connectivity index (χ4n) is 2.55. The Morgan fingerprint density at radius 1 is 1.19 bits per heavy atom. The number of sulfone groups is 1. The lowest BCUT2D eigenvalue weighted by atomic mass is 10.0. The molecule has 0 radical (unpaired) electrons. The summed E-state index contributed by atoms with van der Waals surface area (Å²) in [6.07, 6.45) is 7.68. The molecule has 21 heavy (non-hydrogen) atoms. The molecular formula is C17H27NO2S. The highest BCUT2D eigenvalue weighted by Gasteiger charge is 2.20. The molecule has 0 aliphatic rings. The van der Waals surface area contributed by atoms with Crippen molar-refractivity contribution in [3.05, 3.63) is 35.9 Å². The summed E-state index contributed by atoms with van der Waals surface area (Å²) in [4.78, 5) is 0.416. The molecule has 1 rings (SSSR count). The Balaban J connectivity index is 2.93. The summed E-state index contributed by atoms with van der Waals surface area (Å²) < 4.78 is 25.1. The second-order valence-electron chi connectivity index (χ2n) is 5.44. The first-order chi connectivity index (χ1) is 10.0. The molecule has 0 amide bonds. The van der Waals surface area contributed by atoms with E-state index in [9.17, 15) is 8.42 Å². The number of rotatable bonds is 9. The molecule has 0 aliphatic carbocycles. The highest BCUT2D eigenvalue weighted by Crippen LogP contribution is 2.21. The predicted octanol–water partition coefficient (Wildman–Crippen LogP) is 3.65. The zero-order valence-electron chi connectivity index (χ0n) is 13.1. The largest absolute Gasteiger partial charge is 0.327 e. The van der Waals surface area contributed by atoms with Crippen LogP contribution < -0.4 is 5.73 Å². The molecule has 4 heteroatoms. The molecule has 0 atom stereocenters. The average molecular weight is 309 g/mol. The molecule has 2 N–H and O–H groups in total. The van der Waals surface area contributed by atoms with Gasteiger partial charge in [-0.3, -0.25) is 0 Å². The van der Waals surface area contributed by atoms with Gasteiger partial charge >= 0.3 is 0 Å². The van der Waals surface area contributed by atoms with Gasteiger partial charge in [0.05, 0.1) is 10.6 Å². The monoisotopic (exact) mass is 309 g/mol. The second-order valence-corrected chi connectivity index (χ2v) is 7.47. The minimum atomic E-state index is -3.22. The minimum Gasteiger partial charge on any atom is -0.327 e. The zero-order chi connectivity index (χ0) is 15.7. The molecule has 0 fully saturated rings. The van der Waals surface area contributed by atoms with E-state index in [1.807, 2.05) is 18.2 Å². The van der Waals surface area contributed by atoms with E-state index < -0.39 is 9.84 Å². The van der Waals surface area contributed by atoms with Crippen LogP contribution in [0, 0.1) is 5.92 Å². The van der Waals surface area contributed by atoms with Crippen LogP contribution in [0.2, 0.25) is 0 Å². The van der Waals surface area contributed by atoms with Crippen LogP contribution in [0.4, 0.5) is 0 Å². The fraction of sp³-hybridized carbons (Fsp3) is 0.529. The van der Waals surface area contributed by atoms with E-state index in [1.54, 1.807) is 18.2 Å². The summed E-state index contributed by atoms with van der Waals surface area (Å²) in [5.74, 6) is 0.506. The summed E-state index contributed by atoms with van der Waals surface area (Å²) in [7, 11) is -3.22. The molecule has 0 saturated carbocycles. The lowest BCUT2D eigenvalue weighted by Crippen LogP contribution is -2.16. The Labute approximate surface area is 129 Å². The molecule has 0 aromatic heterocycles. The van der Waals surface area contributed by atoms with E-state index in [2.05, 4.69) is 13.8 Å². The Hall–Kier alpha value is -1.13. The maximum absolute atomic E-state index is 12.6. The van der Waals surface area contributed by atoms with Gasteiger partial charge in [0.1, 0.15) is 0 Å². The average Bonchev–Trinajstić information content (AvgIpc) is 2.45. The summed E-state index contributed by atoms with van der Waals surface area (Å²) in [5.41, 5.74) is 6.31. The lowest BCUT2D eigenvalue weighted by Gasteiger charge is -2.15. The van der Waals surface area contributed by atoms with Crippen LogP contribution in [0.5, 0.6) is 0 Å². The molecule has 0 bridgehead atoms. The van der Waals surface area contributed by atoms with Crippen molar-refractivity contribution in [2.75, 3.05) is 12.3 Å². The van der Waals surface area contributed by atoms with Crippen molar-refractivity contribution in [2.24, 2.45) is 11.7 Å². The van der Waals surface area contributed by atoms with E-state index in [-0.39, 0.29) is 11.7 Å². The molecule has 0 heterocycles. The Kier molecular flexibility index (Phi) is 7.68. The van der Waals surface area contributed by atoms with Crippen LogP contribution in [0.3, 0.4) is 0 Å². The highest BCUT2D eigenvalue weighted by atomic mass is 32.2. The van der Waals surface area contributed by atoms with Crippen molar-refractivity contribution in [2.45, 2.75) is 44.4 Å². The van der Waals surface area contributed by atoms with Crippen LogP contribution in [-0.2, 0) is 9.84 Å². The molecule has 0 aliphatic heterocycles. The predicted molar refractivity (Wildman–Crippen MR) is 89.9 cm³/mol. The van der Waals surface area contributed by atoms with Crippen molar-refractivity contribution in [1.29, 1.82) is 0 Å². The van der Waals surface area contributed by atoms with E-state index in [4.69, 9.17) is 5.73 Å². The van der Waals surface area contributed by atoms with Gasteiger partial charge in [-0.1, -0.05) is 51.0 Å². The van der Waals surface area contributed by atoms with E-state index in [0.717, 1.165) is 31.2 Å². The van der Waals surface area contributed by atoms with Gasteiger partial charge in [-0.15, -0.1) is 0 Å². The second kappa shape index (κ2) is 9.00. The first kappa shape index (κ1) is 17.9. The molecule has 1 aromatic carbocycles. The quantitative estimate of drug-likeness (QED) is 0.757. The highest BCUT2D eigenvalue weighted by molar-refractivity contribution is 7.91. The number of hydrogen-bond donors (Lipinski definition) is 1. The third-order valence-corrected chi connectivity index (χ3v) is 5.39. The van der Waals surface area contributed by atoms with Crippen LogP contribution >= 0.6 is 0 Å². The third-order valence-electron chi connectivity index (χ3n) is 3.51. The van der Waals surface area contributed by atoms with Gasteiger partial charge in [0, 0.05) is 6.54 Å². The Bertz CT molecular complexity index is 544. The third kappa shape index (κ3) is 6.02. The molecular weight excluding hydrogens is 282 g/mol. The number of nitrogens with two attached hydrogens (primary N) is 1. The minimum absolute atomic E-state index is 0.249. The summed E-state index contributed by atoms with van der Waals surface area (Å²) in [6, 6.07) is 7.10. The molecule has 0 spiro atoms. The van der Waals surface area contributed by atoms with Gasteiger partial charge in [0.15, 0.2) is 9.84 Å². The van der Waals surface area contributed by atoms with Crippen molar-refractivity contribution in [1.82, 2.24) is 0 Å². The maximum Gasteiger partial charge on any atom is 0.178 e. The molecule has 0 unspecified atom stereocenters. The standard InChI is InChI=1S/C17H27NO2S/c1-3-7-16(8-4-2)14-21(19,20)17-11-5-9-15(13-17)10-6-12-18/h5-6,9-11,13,16H,3-4,7-8,12,14,18H2,1-2H3/b10-6+. The van der Waals surface area contributed by atoms with Crippen LogP contribution in [-0.4, -0.2) is 20.7 Å². The lowest BCUT2D eigenvalue weighted by molar-refractivity contribution is 0.473. The van der Waals surface area contributed by atoms with Gasteiger partial charge in [0.2, 0.25) is 0 Å². The smallest absolute Gasteiger partial charge is 0.178 e. The van der Waals surface area contributed by atoms with Gasteiger partial charge in [0.25, 0.3) is 0 Å². The zero-order valence-corrected chi connectivity index (χ0v) is 13.9. The van der Waals surface area contributed by atoms with E-state index in [0.29, 0.717) is 11.4 Å². The fourth-order valence-corrected chi connectivity index (χ4v) is 4.30. The van der Waals surface area contributed by atoms with Gasteiger partial charge in [-0.05, 0) is 36.5 Å². The van der Waals surface area contributed by atoms with Crippen LogP contribution in [0.1, 0.15) is 45.1 Å². The first-order valence-electron chi connectivity index (χ1n) is 7.72. The maximum atomic E-state index is 12.6. The number of hydrogen-bond acceptors (Lipinski definition) is 3. The SMILES string of the molecule is CCCC(CCC)CS(=O)(=O)c1cccc(/C=C/CN)c1. The molecule has 3 nitrogen and oxygen atoms in total. The van der Waals surface area contributed by atoms with Crippen molar-refractivity contribution >= 4 is 15.9 Å². The van der Waals surface area contributed by atoms with Gasteiger partial charge in [-0.25, -0.2) is 8.42 Å². The number of benzene rings is 1. The van der Waals surface area contributed by atoms with Crippen LogP contribution in [0.25, 0.3) is 6.08 Å². The van der Waals surface area contributed by atoms with Gasteiger partial charge < -0.3 is 5.73 Å². The first-order valence-corrected chi connectivity index (χ1v) is 9.38. The molecule has 118 valence electrons. The Morgan fingerprint density at radius 3 is 2.43 bits per heavy atom. The van der Waals surface area contributed by atoms with Crippen molar-refractivity contribution in [3.63, 3.8) is 0 Å². The topological polar surface area (TPSA) is 60.2 Å². The normalized spacial score (nSPS) is 12.4. The summed E-state index contributed by atoms with van der Waals surface area (Å²) in [5, 5.41) is 0. The van der Waals surface area contributed by atoms with Crippen molar-refractivity contribution < 1.29 is 8.42 Å². The molecule has 1 aromatic rings. The molecule has 0 saturated heterocycles. The van der Waals surface area contributed by atoms with Crippen LogP contribution in [0.15, 0.2) is 35.2 Å². The van der Waals surface area contributed by atoms with E-state index >= 15 is 0 Å².